The molecule has 0 heterocycles. The van der Waals surface area contributed by atoms with E-state index in [9.17, 15) is 4.79 Å². The fourth-order valence-electron chi connectivity index (χ4n) is 1.68. The quantitative estimate of drug-likeness (QED) is 0.450. The Hall–Kier alpha value is -1.16. The van der Waals surface area contributed by atoms with Crippen molar-refractivity contribution in [2.45, 2.75) is 52.0 Å². The first kappa shape index (κ1) is 18.9. The summed E-state index contributed by atoms with van der Waals surface area (Å²) >= 11 is 1.71. The molecule has 22 heavy (non-hydrogen) atoms. The third kappa shape index (κ3) is 5.91. The number of nitrogens with zero attached hydrogens (tertiary/aromatic N) is 1. The second-order valence-electron chi connectivity index (χ2n) is 7.46. The lowest BCUT2D eigenvalue weighted by molar-refractivity contribution is -0.152. The molecule has 0 bridgehead atoms. The van der Waals surface area contributed by atoms with E-state index in [1.807, 2.05) is 20.8 Å². The maximum atomic E-state index is 11.7. The molecule has 4 heteroatoms. The molecular weight excluding hydrogens is 294 g/mol. The zero-order valence-electron chi connectivity index (χ0n) is 14.9. The van der Waals surface area contributed by atoms with Gasteiger partial charge in [-0.2, -0.15) is 0 Å². The Labute approximate surface area is 139 Å². The average Bonchev–Trinajstić information content (AvgIpc) is 2.40. The second-order valence-corrected chi connectivity index (χ2v) is 8.63. The van der Waals surface area contributed by atoms with Crippen molar-refractivity contribution in [2.24, 2.45) is 5.41 Å². The molecule has 0 amide bonds. The summed E-state index contributed by atoms with van der Waals surface area (Å²) in [5.74, 6) is 0.624. The van der Waals surface area contributed by atoms with Crippen molar-refractivity contribution in [1.82, 2.24) is 0 Å². The molecule has 0 saturated carbocycles. The molecule has 0 fully saturated rings. The Morgan fingerprint density at radius 2 is 1.82 bits per heavy atom. The number of hydrogen-bond donors (Lipinski definition) is 0. The molecule has 0 aliphatic rings. The van der Waals surface area contributed by atoms with E-state index in [1.54, 1.807) is 11.8 Å². The molecule has 0 unspecified atom stereocenters. The highest BCUT2D eigenvalue weighted by Gasteiger charge is 2.22. The van der Waals surface area contributed by atoms with Crippen LogP contribution >= 0.6 is 11.8 Å². The van der Waals surface area contributed by atoms with E-state index >= 15 is 0 Å². The van der Waals surface area contributed by atoms with Crippen molar-refractivity contribution < 1.29 is 9.53 Å². The van der Waals surface area contributed by atoms with Gasteiger partial charge in [-0.15, -0.1) is 11.8 Å². The number of benzene rings is 1. The number of carbonyl (C=O) groups excluding carboxylic acids is 1. The summed E-state index contributed by atoms with van der Waals surface area (Å²) in [6.07, 6.45) is 0. The van der Waals surface area contributed by atoms with Crippen molar-refractivity contribution in [2.75, 3.05) is 24.3 Å². The fraction of sp³-hybridized carbons (Fsp3) is 0.611. The minimum Gasteiger partial charge on any atom is -0.464 e. The molecule has 0 spiro atoms. The smallest absolute Gasteiger partial charge is 0.311 e. The maximum absolute atomic E-state index is 11.7. The lowest BCUT2D eigenvalue weighted by Crippen LogP contribution is -2.37. The molecule has 0 N–H and O–H groups in total. The summed E-state index contributed by atoms with van der Waals surface area (Å²) in [6.45, 7) is 12.6. The monoisotopic (exact) mass is 323 g/mol. The molecule has 0 radical (unpaired) electrons. The van der Waals surface area contributed by atoms with Crippen LogP contribution in [0.1, 0.15) is 41.5 Å². The van der Waals surface area contributed by atoms with Crippen LogP contribution in [0.5, 0.6) is 0 Å². The van der Waals surface area contributed by atoms with Crippen molar-refractivity contribution >= 4 is 23.4 Å². The van der Waals surface area contributed by atoms with E-state index in [1.165, 1.54) is 10.6 Å². The highest BCUT2D eigenvalue weighted by molar-refractivity contribution is 7.99. The first-order chi connectivity index (χ1) is 10.0. The third-order valence-electron chi connectivity index (χ3n) is 3.41. The molecule has 1 aromatic rings. The van der Waals surface area contributed by atoms with E-state index in [0.717, 1.165) is 5.75 Å². The normalized spacial score (nSPS) is 12.1. The number of anilines is 1. The molecule has 0 atom stereocenters. The van der Waals surface area contributed by atoms with Gasteiger partial charge in [-0.1, -0.05) is 6.07 Å². The molecule has 124 valence electrons. The van der Waals surface area contributed by atoms with Gasteiger partial charge >= 0.3 is 5.97 Å². The van der Waals surface area contributed by atoms with Crippen LogP contribution in [-0.4, -0.2) is 30.9 Å². The first-order valence-electron chi connectivity index (χ1n) is 7.66. The zero-order chi connectivity index (χ0) is 17.0. The standard InChI is InChI=1S/C18H29NO2S/c1-17(2,3)16(20)21-11-12-22-15-10-8-9-14(13-15)19(7)18(4,5)6/h8-10,13H,11-12H2,1-7H3. The molecule has 1 aromatic carbocycles. The van der Waals surface area contributed by atoms with Crippen molar-refractivity contribution in [3.8, 4) is 0 Å². The van der Waals surface area contributed by atoms with Gasteiger partial charge in [-0.05, 0) is 59.7 Å². The number of rotatable bonds is 5. The van der Waals surface area contributed by atoms with Crippen LogP contribution in [-0.2, 0) is 9.53 Å². The fourth-order valence-corrected chi connectivity index (χ4v) is 2.46. The van der Waals surface area contributed by atoms with Crippen LogP contribution in [0.15, 0.2) is 29.2 Å². The number of carbonyl (C=O) groups is 1. The average molecular weight is 324 g/mol. The van der Waals surface area contributed by atoms with Gasteiger partial charge in [0, 0.05) is 28.9 Å². The number of ether oxygens (including phenoxy) is 1. The molecule has 0 aromatic heterocycles. The Morgan fingerprint density at radius 1 is 1.18 bits per heavy atom. The molecule has 3 nitrogen and oxygen atoms in total. The zero-order valence-corrected chi connectivity index (χ0v) is 15.7. The Morgan fingerprint density at radius 3 is 2.36 bits per heavy atom. The van der Waals surface area contributed by atoms with E-state index in [4.69, 9.17) is 4.74 Å². The summed E-state index contributed by atoms with van der Waals surface area (Å²) in [7, 11) is 2.11. The first-order valence-corrected chi connectivity index (χ1v) is 8.64. The number of hydrogen-bond acceptors (Lipinski definition) is 4. The van der Waals surface area contributed by atoms with E-state index in [2.05, 4.69) is 57.0 Å². The second kappa shape index (κ2) is 7.40. The molecule has 0 aliphatic heterocycles. The summed E-state index contributed by atoms with van der Waals surface area (Å²) in [4.78, 5) is 15.1. The van der Waals surface area contributed by atoms with Crippen LogP contribution in [0.3, 0.4) is 0 Å². The molecule has 0 aliphatic carbocycles. The maximum Gasteiger partial charge on any atom is 0.311 e. The van der Waals surface area contributed by atoms with Gasteiger partial charge in [-0.25, -0.2) is 0 Å². The Balaban J connectivity index is 2.53. The summed E-state index contributed by atoms with van der Waals surface area (Å²) in [5.41, 5.74) is 0.857. The lowest BCUT2D eigenvalue weighted by atomic mass is 9.97. The minimum absolute atomic E-state index is 0.0888. The Bertz CT molecular complexity index is 501. The minimum atomic E-state index is -0.431. The highest BCUT2D eigenvalue weighted by Crippen LogP contribution is 2.27. The van der Waals surface area contributed by atoms with Crippen molar-refractivity contribution in [3.63, 3.8) is 0 Å². The van der Waals surface area contributed by atoms with Gasteiger partial charge in [0.25, 0.3) is 0 Å². The number of thioether (sulfide) groups is 1. The Kier molecular flexibility index (Phi) is 6.36. The van der Waals surface area contributed by atoms with Gasteiger partial charge in [0.05, 0.1) is 5.41 Å². The summed E-state index contributed by atoms with van der Waals surface area (Å²) in [6, 6.07) is 8.47. The van der Waals surface area contributed by atoms with Crippen LogP contribution in [0, 0.1) is 5.41 Å². The van der Waals surface area contributed by atoms with Gasteiger partial charge in [0.15, 0.2) is 0 Å². The van der Waals surface area contributed by atoms with Crippen LogP contribution < -0.4 is 4.90 Å². The molecule has 1 rings (SSSR count). The van der Waals surface area contributed by atoms with E-state index < -0.39 is 5.41 Å². The molecule has 0 saturated heterocycles. The predicted octanol–water partition coefficient (Wildman–Crippen LogP) is 4.60. The predicted molar refractivity (Wildman–Crippen MR) is 95.7 cm³/mol. The third-order valence-corrected chi connectivity index (χ3v) is 4.37. The largest absolute Gasteiger partial charge is 0.464 e. The van der Waals surface area contributed by atoms with Gasteiger partial charge < -0.3 is 9.64 Å². The van der Waals surface area contributed by atoms with Crippen LogP contribution in [0.2, 0.25) is 0 Å². The van der Waals surface area contributed by atoms with Gasteiger partial charge in [0.1, 0.15) is 6.61 Å². The van der Waals surface area contributed by atoms with Gasteiger partial charge in [-0.3, -0.25) is 4.79 Å². The van der Waals surface area contributed by atoms with E-state index in [-0.39, 0.29) is 11.5 Å². The highest BCUT2D eigenvalue weighted by atomic mass is 32.2. The van der Waals surface area contributed by atoms with Gasteiger partial charge in [0.2, 0.25) is 0 Å². The van der Waals surface area contributed by atoms with Crippen molar-refractivity contribution in [1.29, 1.82) is 0 Å². The summed E-state index contributed by atoms with van der Waals surface area (Å²) in [5, 5.41) is 0. The topological polar surface area (TPSA) is 29.5 Å². The van der Waals surface area contributed by atoms with Crippen molar-refractivity contribution in [3.05, 3.63) is 24.3 Å². The van der Waals surface area contributed by atoms with E-state index in [0.29, 0.717) is 6.61 Å². The van der Waals surface area contributed by atoms with Crippen LogP contribution in [0.4, 0.5) is 5.69 Å². The summed E-state index contributed by atoms with van der Waals surface area (Å²) < 4.78 is 5.29. The van der Waals surface area contributed by atoms with Crippen LogP contribution in [0.25, 0.3) is 0 Å². The SMILES string of the molecule is CN(c1cccc(SCCOC(=O)C(C)(C)C)c1)C(C)(C)C. The molecular formula is C18H29NO2S. The lowest BCUT2D eigenvalue weighted by Gasteiger charge is -2.34. The number of esters is 1.